The third kappa shape index (κ3) is 5.73. The van der Waals surface area contributed by atoms with Crippen LogP contribution in [-0.2, 0) is 0 Å². The molecule has 0 aliphatic rings. The number of rotatable bonds is 6. The summed E-state index contributed by atoms with van der Waals surface area (Å²) in [5.41, 5.74) is 8.96. The van der Waals surface area contributed by atoms with Gasteiger partial charge in [0, 0.05) is 58.1 Å². The van der Waals surface area contributed by atoms with E-state index in [1.54, 1.807) is 22.7 Å². The van der Waals surface area contributed by atoms with Crippen molar-refractivity contribution >= 4 is 63.1 Å². The predicted molar refractivity (Wildman–Crippen MR) is 234 cm³/mol. The molecular formula is C49H29N5S2. The van der Waals surface area contributed by atoms with E-state index in [9.17, 15) is 0 Å². The summed E-state index contributed by atoms with van der Waals surface area (Å²) in [4.78, 5) is 25.6. The summed E-state index contributed by atoms with van der Waals surface area (Å²) < 4.78 is 4.79. The molecule has 0 bridgehead atoms. The van der Waals surface area contributed by atoms with Gasteiger partial charge in [0.2, 0.25) is 0 Å². The van der Waals surface area contributed by atoms with Crippen molar-refractivity contribution in [3.05, 3.63) is 176 Å². The summed E-state index contributed by atoms with van der Waals surface area (Å²) in [7, 11) is 0. The number of aromatic nitrogens is 5. The van der Waals surface area contributed by atoms with Crippen molar-refractivity contribution in [2.24, 2.45) is 0 Å². The molecule has 0 saturated carbocycles. The predicted octanol–water partition coefficient (Wildman–Crippen LogP) is 13.4. The topological polar surface area (TPSA) is 64.5 Å². The van der Waals surface area contributed by atoms with Crippen LogP contribution >= 0.6 is 22.7 Å². The second kappa shape index (κ2) is 13.4. The SMILES string of the molecule is c1ccc(-c2ccc(-c3nc(-c4ccc(-c5nc(-c6ccccc6)c6sc7ccccc7c6n5)cc4)nc(-c4ccc5sc6ccccc6c5c4)n3)cc2)cc1. The summed E-state index contributed by atoms with van der Waals surface area (Å²) in [6.45, 7) is 0. The first-order valence-corrected chi connectivity index (χ1v) is 20.0. The first-order chi connectivity index (χ1) is 27.7. The smallest absolute Gasteiger partial charge is 0.164 e. The minimum absolute atomic E-state index is 0.601. The van der Waals surface area contributed by atoms with Crippen molar-refractivity contribution < 1.29 is 0 Å². The monoisotopic (exact) mass is 751 g/mol. The second-order valence-corrected chi connectivity index (χ2v) is 15.8. The largest absolute Gasteiger partial charge is 0.226 e. The van der Waals surface area contributed by atoms with Crippen LogP contribution in [0.2, 0.25) is 0 Å². The highest BCUT2D eigenvalue weighted by molar-refractivity contribution is 7.26. The van der Waals surface area contributed by atoms with Crippen LogP contribution in [0.4, 0.5) is 0 Å². The van der Waals surface area contributed by atoms with Crippen LogP contribution in [-0.4, -0.2) is 24.9 Å². The summed E-state index contributed by atoms with van der Waals surface area (Å²) in [5.74, 6) is 2.53. The summed E-state index contributed by atoms with van der Waals surface area (Å²) in [5, 5.41) is 3.58. The molecule has 0 saturated heterocycles. The molecule has 0 aliphatic carbocycles. The normalized spacial score (nSPS) is 11.6. The molecule has 5 nitrogen and oxygen atoms in total. The Morgan fingerprint density at radius 1 is 0.286 bits per heavy atom. The minimum atomic E-state index is 0.601. The molecule has 0 fully saturated rings. The van der Waals surface area contributed by atoms with Crippen LogP contribution in [0, 0.1) is 0 Å². The quantitative estimate of drug-likeness (QED) is 0.169. The van der Waals surface area contributed by atoms with Crippen LogP contribution in [0.5, 0.6) is 0 Å². The maximum atomic E-state index is 5.18. The number of fused-ring (bicyclic) bond motifs is 6. The molecule has 7 heteroatoms. The van der Waals surface area contributed by atoms with Crippen molar-refractivity contribution in [2.45, 2.75) is 0 Å². The molecule has 4 aromatic heterocycles. The van der Waals surface area contributed by atoms with Gasteiger partial charge < -0.3 is 0 Å². The van der Waals surface area contributed by atoms with Crippen molar-refractivity contribution in [3.8, 4) is 67.9 Å². The minimum Gasteiger partial charge on any atom is -0.226 e. The molecule has 11 aromatic rings. The average molecular weight is 752 g/mol. The van der Waals surface area contributed by atoms with E-state index >= 15 is 0 Å². The Hall–Kier alpha value is -6.93. The highest BCUT2D eigenvalue weighted by Gasteiger charge is 2.18. The molecule has 0 aliphatic heterocycles. The molecule has 4 heterocycles. The molecule has 0 spiro atoms. The fraction of sp³-hybridized carbons (Fsp3) is 0. The first kappa shape index (κ1) is 32.5. The number of thiophene rings is 2. The Morgan fingerprint density at radius 2 is 0.732 bits per heavy atom. The van der Waals surface area contributed by atoms with Crippen molar-refractivity contribution in [1.29, 1.82) is 0 Å². The van der Waals surface area contributed by atoms with Gasteiger partial charge in [0.05, 0.1) is 15.9 Å². The molecule has 11 rings (SSSR count). The fourth-order valence-corrected chi connectivity index (χ4v) is 9.59. The molecule has 0 amide bonds. The summed E-state index contributed by atoms with van der Waals surface area (Å²) >= 11 is 3.54. The Kier molecular flexibility index (Phi) is 7.79. The molecule has 0 atom stereocenters. The van der Waals surface area contributed by atoms with Crippen LogP contribution in [0.25, 0.3) is 108 Å². The van der Waals surface area contributed by atoms with Crippen LogP contribution in [0.1, 0.15) is 0 Å². The Labute approximate surface area is 330 Å². The van der Waals surface area contributed by atoms with E-state index in [2.05, 4.69) is 164 Å². The van der Waals surface area contributed by atoms with Gasteiger partial charge in [0.1, 0.15) is 0 Å². The molecule has 56 heavy (non-hydrogen) atoms. The van der Waals surface area contributed by atoms with E-state index in [1.165, 1.54) is 30.4 Å². The maximum absolute atomic E-state index is 5.18. The lowest BCUT2D eigenvalue weighted by molar-refractivity contribution is 1.07. The van der Waals surface area contributed by atoms with Crippen LogP contribution in [0.3, 0.4) is 0 Å². The van der Waals surface area contributed by atoms with E-state index in [1.807, 2.05) is 12.1 Å². The van der Waals surface area contributed by atoms with E-state index < -0.39 is 0 Å². The standard InChI is InChI=1S/C49H29N5S2/c1-3-11-30(12-4-1)31-19-21-34(22-20-31)47-52-48(54-49(53-47)36-27-28-42-39(29-36)37-15-7-9-17-40(37)55-42)35-25-23-33(24-26-35)46-50-43(32-13-5-2-6-14-32)45-44(51-46)38-16-8-10-18-41(38)56-45/h1-29H. The summed E-state index contributed by atoms with van der Waals surface area (Å²) in [6.07, 6.45) is 0. The zero-order chi connectivity index (χ0) is 37.0. The van der Waals surface area contributed by atoms with Gasteiger partial charge in [0.25, 0.3) is 0 Å². The Bertz CT molecular complexity index is 3230. The highest BCUT2D eigenvalue weighted by atomic mass is 32.1. The summed E-state index contributed by atoms with van der Waals surface area (Å²) in [6, 6.07) is 61.0. The Morgan fingerprint density at radius 3 is 1.38 bits per heavy atom. The lowest BCUT2D eigenvalue weighted by Gasteiger charge is -2.10. The molecular weight excluding hydrogens is 723 g/mol. The third-order valence-electron chi connectivity index (χ3n) is 10.2. The lowest BCUT2D eigenvalue weighted by atomic mass is 10.0. The lowest BCUT2D eigenvalue weighted by Crippen LogP contribution is -2.00. The number of hydrogen-bond donors (Lipinski definition) is 0. The number of hydrogen-bond acceptors (Lipinski definition) is 7. The van der Waals surface area contributed by atoms with E-state index in [0.717, 1.165) is 54.7 Å². The van der Waals surface area contributed by atoms with Crippen LogP contribution in [0.15, 0.2) is 176 Å². The van der Waals surface area contributed by atoms with Gasteiger partial charge in [-0.15, -0.1) is 22.7 Å². The van der Waals surface area contributed by atoms with Crippen molar-refractivity contribution in [2.75, 3.05) is 0 Å². The maximum Gasteiger partial charge on any atom is 0.164 e. The molecule has 262 valence electrons. The molecule has 0 N–H and O–H groups in total. The van der Waals surface area contributed by atoms with E-state index in [-0.39, 0.29) is 0 Å². The van der Waals surface area contributed by atoms with Gasteiger partial charge in [-0.05, 0) is 41.5 Å². The van der Waals surface area contributed by atoms with Gasteiger partial charge in [-0.2, -0.15) is 0 Å². The zero-order valence-corrected chi connectivity index (χ0v) is 31.4. The van der Waals surface area contributed by atoms with Gasteiger partial charge in [0.15, 0.2) is 23.3 Å². The van der Waals surface area contributed by atoms with Gasteiger partial charge >= 0.3 is 0 Å². The third-order valence-corrected chi connectivity index (χ3v) is 12.5. The average Bonchev–Trinajstić information content (AvgIpc) is 3.85. The van der Waals surface area contributed by atoms with Crippen molar-refractivity contribution in [3.63, 3.8) is 0 Å². The van der Waals surface area contributed by atoms with E-state index in [0.29, 0.717) is 23.3 Å². The number of nitrogens with zero attached hydrogens (tertiary/aromatic N) is 5. The second-order valence-electron chi connectivity index (χ2n) is 13.7. The zero-order valence-electron chi connectivity index (χ0n) is 29.8. The van der Waals surface area contributed by atoms with Gasteiger partial charge in [-0.25, -0.2) is 24.9 Å². The Balaban J connectivity index is 1.03. The van der Waals surface area contributed by atoms with Gasteiger partial charge in [-0.3, -0.25) is 0 Å². The number of benzene rings is 7. The fourth-order valence-electron chi connectivity index (χ4n) is 7.35. The van der Waals surface area contributed by atoms with Crippen molar-refractivity contribution in [1.82, 2.24) is 24.9 Å². The highest BCUT2D eigenvalue weighted by Crippen LogP contribution is 2.40. The molecule has 7 aromatic carbocycles. The molecule has 0 radical (unpaired) electrons. The van der Waals surface area contributed by atoms with Crippen LogP contribution < -0.4 is 0 Å². The van der Waals surface area contributed by atoms with E-state index in [4.69, 9.17) is 24.9 Å². The molecule has 0 unspecified atom stereocenters. The van der Waals surface area contributed by atoms with Gasteiger partial charge in [-0.1, -0.05) is 146 Å². The first-order valence-electron chi connectivity index (χ1n) is 18.4.